The number of rotatable bonds is 10. The van der Waals surface area contributed by atoms with Gasteiger partial charge in [-0.15, -0.1) is 0 Å². The van der Waals surface area contributed by atoms with Crippen molar-refractivity contribution < 1.29 is 9.53 Å². The van der Waals surface area contributed by atoms with Crippen LogP contribution in [0.3, 0.4) is 0 Å². The monoisotopic (exact) mass is 444 g/mol. The van der Waals surface area contributed by atoms with Gasteiger partial charge < -0.3 is 15.8 Å². The number of hydrogen-bond acceptors (Lipinski definition) is 6. The molecule has 4 aromatic rings. The molecule has 0 saturated heterocycles. The molecule has 0 aliphatic rings. The first-order chi connectivity index (χ1) is 16.2. The molecule has 0 spiro atoms. The number of nitrogens with one attached hydrogen (secondary N) is 1. The van der Waals surface area contributed by atoms with Crippen molar-refractivity contribution in [1.82, 2.24) is 25.1 Å². The van der Waals surface area contributed by atoms with E-state index in [9.17, 15) is 4.79 Å². The van der Waals surface area contributed by atoms with E-state index in [2.05, 4.69) is 22.2 Å². The minimum atomic E-state index is 0.0586. The van der Waals surface area contributed by atoms with E-state index in [4.69, 9.17) is 15.6 Å². The average molecular weight is 445 g/mol. The minimum absolute atomic E-state index is 0.0586. The highest BCUT2D eigenvalue weighted by Crippen LogP contribution is 2.31. The molecule has 0 saturated carbocycles. The Hall–Kier alpha value is -3.94. The number of anilines is 1. The fourth-order valence-electron chi connectivity index (χ4n) is 3.62. The van der Waals surface area contributed by atoms with Gasteiger partial charge in [0.05, 0.1) is 11.9 Å². The predicted octanol–water partition coefficient (Wildman–Crippen LogP) is 4.56. The zero-order chi connectivity index (χ0) is 23.0. The number of ether oxygens (including phenoxy) is 1. The van der Waals surface area contributed by atoms with Crippen molar-refractivity contribution in [1.29, 1.82) is 0 Å². The van der Waals surface area contributed by atoms with Crippen LogP contribution in [0.25, 0.3) is 22.3 Å². The van der Waals surface area contributed by atoms with Crippen molar-refractivity contribution in [2.75, 3.05) is 12.3 Å². The lowest BCUT2D eigenvalue weighted by atomic mass is 10.1. The van der Waals surface area contributed by atoms with E-state index in [0.29, 0.717) is 42.1 Å². The van der Waals surface area contributed by atoms with E-state index in [-0.39, 0.29) is 5.91 Å². The van der Waals surface area contributed by atoms with Crippen LogP contribution >= 0.6 is 0 Å². The number of carbonyl (C=O) groups is 1. The SMILES string of the molecule is CCCCCC(=O)NCCn1nc(-c2ccc(Oc3ccccc3)cc2)c2c(N)ncnc21. The topological polar surface area (TPSA) is 108 Å². The van der Waals surface area contributed by atoms with Crippen LogP contribution in [-0.2, 0) is 11.3 Å². The van der Waals surface area contributed by atoms with Gasteiger partial charge in [-0.05, 0) is 42.8 Å². The number of aromatic nitrogens is 4. The summed E-state index contributed by atoms with van der Waals surface area (Å²) in [6.45, 7) is 3.08. The van der Waals surface area contributed by atoms with E-state index in [1.54, 1.807) is 4.68 Å². The summed E-state index contributed by atoms with van der Waals surface area (Å²) in [6, 6.07) is 17.3. The van der Waals surface area contributed by atoms with Gasteiger partial charge in [0.2, 0.25) is 5.91 Å². The molecule has 0 bridgehead atoms. The predicted molar refractivity (Wildman–Crippen MR) is 129 cm³/mol. The molecule has 4 rings (SSSR count). The molecule has 0 atom stereocenters. The number of amides is 1. The van der Waals surface area contributed by atoms with E-state index in [1.165, 1.54) is 6.33 Å². The Morgan fingerprint density at radius 3 is 2.55 bits per heavy atom. The molecule has 0 aliphatic heterocycles. The Bertz CT molecular complexity index is 1210. The number of hydrogen-bond donors (Lipinski definition) is 2. The first-order valence-electron chi connectivity index (χ1n) is 11.2. The third-order valence-corrected chi connectivity index (χ3v) is 5.32. The van der Waals surface area contributed by atoms with Crippen LogP contribution in [0.5, 0.6) is 11.5 Å². The number of nitrogens with two attached hydrogens (primary N) is 1. The molecule has 2 aromatic carbocycles. The highest BCUT2D eigenvalue weighted by Gasteiger charge is 2.17. The maximum Gasteiger partial charge on any atom is 0.220 e. The number of benzene rings is 2. The molecular formula is C25H28N6O2. The Kier molecular flexibility index (Phi) is 7.14. The maximum atomic E-state index is 12.0. The van der Waals surface area contributed by atoms with Crippen molar-refractivity contribution in [2.45, 2.75) is 39.2 Å². The molecule has 2 aromatic heterocycles. The Morgan fingerprint density at radius 2 is 1.79 bits per heavy atom. The average Bonchev–Trinajstić information content (AvgIpc) is 3.20. The lowest BCUT2D eigenvalue weighted by Gasteiger charge is -2.06. The summed E-state index contributed by atoms with van der Waals surface area (Å²) in [5.41, 5.74) is 8.40. The van der Waals surface area contributed by atoms with Crippen LogP contribution in [0.4, 0.5) is 5.82 Å². The van der Waals surface area contributed by atoms with Gasteiger partial charge in [-0.2, -0.15) is 5.10 Å². The molecule has 8 nitrogen and oxygen atoms in total. The minimum Gasteiger partial charge on any atom is -0.457 e. The number of carbonyl (C=O) groups excluding carboxylic acids is 1. The second-order valence-electron chi connectivity index (χ2n) is 7.78. The molecule has 2 heterocycles. The Morgan fingerprint density at radius 1 is 1.03 bits per heavy atom. The van der Waals surface area contributed by atoms with Crippen LogP contribution in [0.2, 0.25) is 0 Å². The van der Waals surface area contributed by atoms with Gasteiger partial charge in [0.15, 0.2) is 5.65 Å². The highest BCUT2D eigenvalue weighted by molar-refractivity contribution is 5.98. The van der Waals surface area contributed by atoms with Crippen molar-refractivity contribution in [2.24, 2.45) is 0 Å². The van der Waals surface area contributed by atoms with Gasteiger partial charge in [-0.3, -0.25) is 4.79 Å². The molecule has 0 fully saturated rings. The smallest absolute Gasteiger partial charge is 0.220 e. The molecule has 0 radical (unpaired) electrons. The third kappa shape index (κ3) is 5.46. The zero-order valence-corrected chi connectivity index (χ0v) is 18.7. The van der Waals surface area contributed by atoms with Crippen LogP contribution < -0.4 is 15.8 Å². The maximum absolute atomic E-state index is 12.0. The Labute approximate surface area is 192 Å². The number of unbranched alkanes of at least 4 members (excludes halogenated alkanes) is 2. The lowest BCUT2D eigenvalue weighted by Crippen LogP contribution is -2.27. The summed E-state index contributed by atoms with van der Waals surface area (Å²) >= 11 is 0. The van der Waals surface area contributed by atoms with Crippen LogP contribution in [-0.4, -0.2) is 32.2 Å². The third-order valence-electron chi connectivity index (χ3n) is 5.32. The van der Waals surface area contributed by atoms with E-state index < -0.39 is 0 Å². The summed E-state index contributed by atoms with van der Waals surface area (Å²) in [5, 5.41) is 8.40. The van der Waals surface area contributed by atoms with Crippen molar-refractivity contribution >= 4 is 22.8 Å². The van der Waals surface area contributed by atoms with Gasteiger partial charge in [-0.1, -0.05) is 38.0 Å². The van der Waals surface area contributed by atoms with E-state index in [1.807, 2.05) is 54.6 Å². The molecule has 3 N–H and O–H groups in total. The van der Waals surface area contributed by atoms with Crippen LogP contribution in [0.15, 0.2) is 60.9 Å². The summed E-state index contributed by atoms with van der Waals surface area (Å²) in [5.74, 6) is 1.93. The first-order valence-corrected chi connectivity index (χ1v) is 11.2. The molecule has 0 aliphatic carbocycles. The Balaban J connectivity index is 1.51. The van der Waals surface area contributed by atoms with Gasteiger partial charge >= 0.3 is 0 Å². The van der Waals surface area contributed by atoms with E-state index >= 15 is 0 Å². The van der Waals surface area contributed by atoms with Gasteiger partial charge in [0.1, 0.15) is 29.3 Å². The van der Waals surface area contributed by atoms with Crippen molar-refractivity contribution in [3.05, 3.63) is 60.9 Å². The van der Waals surface area contributed by atoms with Gasteiger partial charge in [-0.25, -0.2) is 14.6 Å². The summed E-state index contributed by atoms with van der Waals surface area (Å²) in [6.07, 6.45) is 5.04. The van der Waals surface area contributed by atoms with Crippen molar-refractivity contribution in [3.63, 3.8) is 0 Å². The molecular weight excluding hydrogens is 416 g/mol. The first kappa shape index (κ1) is 22.3. The number of para-hydroxylation sites is 1. The highest BCUT2D eigenvalue weighted by atomic mass is 16.5. The number of nitrogen functional groups attached to an aromatic ring is 1. The number of fused-ring (bicyclic) bond motifs is 1. The van der Waals surface area contributed by atoms with Crippen LogP contribution in [0, 0.1) is 0 Å². The molecule has 8 heteroatoms. The fraction of sp³-hybridized carbons (Fsp3) is 0.280. The summed E-state index contributed by atoms with van der Waals surface area (Å²) < 4.78 is 7.65. The standard InChI is InChI=1S/C25H28N6O2/c1-2-3-5-10-21(32)27-15-16-31-25-22(24(26)28-17-29-25)23(30-31)18-11-13-20(14-12-18)33-19-8-6-4-7-9-19/h4,6-9,11-14,17H,2-3,5,10,15-16H2,1H3,(H,27,32)(H2,26,28,29). The molecule has 0 unspecified atom stereocenters. The second kappa shape index (κ2) is 10.6. The normalized spacial score (nSPS) is 10.9. The van der Waals surface area contributed by atoms with Crippen LogP contribution in [0.1, 0.15) is 32.6 Å². The molecule has 170 valence electrons. The summed E-state index contributed by atoms with van der Waals surface area (Å²) in [4.78, 5) is 20.6. The lowest BCUT2D eigenvalue weighted by molar-refractivity contribution is -0.121. The number of nitrogens with zero attached hydrogens (tertiary/aromatic N) is 4. The fourth-order valence-corrected chi connectivity index (χ4v) is 3.62. The largest absolute Gasteiger partial charge is 0.457 e. The summed E-state index contributed by atoms with van der Waals surface area (Å²) in [7, 11) is 0. The van der Waals surface area contributed by atoms with Gasteiger partial charge in [0.25, 0.3) is 0 Å². The van der Waals surface area contributed by atoms with Gasteiger partial charge in [0, 0.05) is 18.5 Å². The van der Waals surface area contributed by atoms with E-state index in [0.717, 1.165) is 36.3 Å². The zero-order valence-electron chi connectivity index (χ0n) is 18.7. The molecule has 1 amide bonds. The molecule has 33 heavy (non-hydrogen) atoms. The van der Waals surface area contributed by atoms with Crippen molar-refractivity contribution in [3.8, 4) is 22.8 Å². The second-order valence-corrected chi connectivity index (χ2v) is 7.78. The quantitative estimate of drug-likeness (QED) is 0.347.